The lowest BCUT2D eigenvalue weighted by molar-refractivity contribution is -0.234. The van der Waals surface area contributed by atoms with Crippen LogP contribution in [0.1, 0.15) is 159 Å². The van der Waals surface area contributed by atoms with Crippen LogP contribution in [0.4, 0.5) is 11.6 Å². The van der Waals surface area contributed by atoms with Crippen LogP contribution in [0.5, 0.6) is 11.5 Å². The summed E-state index contributed by atoms with van der Waals surface area (Å²) in [6.07, 6.45) is 20.4. The van der Waals surface area contributed by atoms with Gasteiger partial charge in [-0.05, 0) is 133 Å². The molecule has 17 nitrogen and oxygen atoms in total. The van der Waals surface area contributed by atoms with Gasteiger partial charge in [-0.1, -0.05) is 40.5 Å². The van der Waals surface area contributed by atoms with Gasteiger partial charge in [0.05, 0.1) is 30.9 Å². The summed E-state index contributed by atoms with van der Waals surface area (Å²) in [4.78, 5) is 58.1. The number of hydrogen-bond donors (Lipinski definition) is 3. The van der Waals surface area contributed by atoms with Crippen LogP contribution >= 0.6 is 0 Å². The van der Waals surface area contributed by atoms with Gasteiger partial charge in [-0.25, -0.2) is 19.9 Å². The Labute approximate surface area is 450 Å². The van der Waals surface area contributed by atoms with Gasteiger partial charge >= 0.3 is 0 Å². The maximum Gasteiger partial charge on any atom is 0.180 e. The van der Waals surface area contributed by atoms with Crippen molar-refractivity contribution in [2.75, 3.05) is 56.8 Å². The highest BCUT2D eigenvalue weighted by molar-refractivity contribution is 5.84. The van der Waals surface area contributed by atoms with Gasteiger partial charge in [0.15, 0.2) is 29.5 Å². The fraction of sp³-hybridized carbons (Fsp3) is 0.661. The number of hydrogen-bond acceptors (Lipinski definition) is 17. The van der Waals surface area contributed by atoms with E-state index in [9.17, 15) is 24.9 Å². The van der Waals surface area contributed by atoms with E-state index in [1.165, 1.54) is 0 Å². The summed E-state index contributed by atoms with van der Waals surface area (Å²) in [5, 5.41) is 30.8. The molecule has 4 aromatic heterocycles. The van der Waals surface area contributed by atoms with E-state index in [-0.39, 0.29) is 61.6 Å². The standard InChI is InChI=1S/C32H46N4O5.C27H38N4O4/c1-4-32(5-2,41-29-14-6-7-17-39-29)21-40-24-15-16-33-27(19-24)30-34-26-12-9-11-25(26)31(35-30)36(3)20-23(37)18-22-10-8-13-28(22)38;1-4-27(34,5-2)17-35-20-12-13-28-23(15-20)25-29-22-10-7-9-21(22)26(30-25)31(3)16-19(32)14-18-8-6-11-24(18)33/h15-16,19,22,28-29,38H,4-14,17-18,20-21H2,1-3H3;12-13,15,18,24,33-34H,4-11,14,16-17H2,1-3H3/t22-,28-,29?;18-,24-/m00/s1. The van der Waals surface area contributed by atoms with Crippen LogP contribution in [-0.4, -0.2) is 133 Å². The Morgan fingerprint density at radius 1 is 0.632 bits per heavy atom. The zero-order valence-corrected chi connectivity index (χ0v) is 46.1. The minimum absolute atomic E-state index is 0.0765. The number of carbonyl (C=O) groups is 2. The Bertz CT molecular complexity index is 2570. The quantitative estimate of drug-likeness (QED) is 0.0599. The van der Waals surface area contributed by atoms with E-state index in [1.54, 1.807) is 24.5 Å². The van der Waals surface area contributed by atoms with Gasteiger partial charge < -0.3 is 44.1 Å². The lowest BCUT2D eigenvalue weighted by Crippen LogP contribution is -2.43. The molecule has 17 heteroatoms. The number of aliphatic hydroxyl groups excluding tert-OH is 2. The Morgan fingerprint density at radius 3 is 1.57 bits per heavy atom. The molecule has 0 radical (unpaired) electrons. The number of carbonyl (C=O) groups excluding carboxylic acids is 2. The smallest absolute Gasteiger partial charge is 0.180 e. The van der Waals surface area contributed by atoms with E-state index in [4.69, 9.17) is 38.9 Å². The van der Waals surface area contributed by atoms with Crippen LogP contribution < -0.4 is 19.3 Å². The number of aliphatic hydroxyl groups is 3. The number of ketones is 2. The number of likely N-dealkylation sites (N-methyl/N-ethyl adjacent to an activating group) is 2. The predicted octanol–water partition coefficient (Wildman–Crippen LogP) is 8.58. The Kier molecular flexibility index (Phi) is 19.8. The number of ether oxygens (including phenoxy) is 4. The molecule has 2 saturated carbocycles. The molecular weight excluding hydrogens is 965 g/mol. The SMILES string of the molecule is CCC(CC)(COc1ccnc(-c2nc3c(c(N(C)CC(=O)C[C@@H]4CCC[C@@H]4O)n2)CCC3)c1)OC1CCCCO1.CCC(O)(CC)COc1ccnc(-c2nc3c(c(N(C)CC(=O)C[C@@H]4CCC[C@@H]4O)n2)CCC3)c1. The lowest BCUT2D eigenvalue weighted by Gasteiger charge is -2.36. The van der Waals surface area contributed by atoms with Crippen molar-refractivity contribution in [3.05, 3.63) is 59.2 Å². The maximum absolute atomic E-state index is 12.9. The second kappa shape index (κ2) is 26.4. The van der Waals surface area contributed by atoms with E-state index in [2.05, 4.69) is 23.8 Å². The van der Waals surface area contributed by atoms with Gasteiger partial charge in [-0.2, -0.15) is 0 Å². The van der Waals surface area contributed by atoms with Gasteiger partial charge in [-0.3, -0.25) is 19.6 Å². The predicted molar refractivity (Wildman–Crippen MR) is 292 cm³/mol. The van der Waals surface area contributed by atoms with Crippen molar-refractivity contribution in [1.29, 1.82) is 0 Å². The molecule has 5 heterocycles. The number of aryl methyl sites for hydroxylation is 2. The van der Waals surface area contributed by atoms with Crippen molar-refractivity contribution in [3.63, 3.8) is 0 Å². The van der Waals surface area contributed by atoms with Gasteiger partial charge in [0.2, 0.25) is 0 Å². The van der Waals surface area contributed by atoms with E-state index >= 15 is 0 Å². The summed E-state index contributed by atoms with van der Waals surface area (Å²) < 4.78 is 24.5. The van der Waals surface area contributed by atoms with Gasteiger partial charge in [0.1, 0.15) is 53.3 Å². The summed E-state index contributed by atoms with van der Waals surface area (Å²) in [7, 11) is 3.82. The second-order valence-electron chi connectivity index (χ2n) is 22.1. The minimum atomic E-state index is -0.857. The topological polar surface area (TPSA) is 216 Å². The van der Waals surface area contributed by atoms with Crippen LogP contribution in [0.25, 0.3) is 23.0 Å². The lowest BCUT2D eigenvalue weighted by atomic mass is 9.98. The van der Waals surface area contributed by atoms with Crippen LogP contribution in [0.15, 0.2) is 36.7 Å². The van der Waals surface area contributed by atoms with E-state index in [1.807, 2.05) is 49.9 Å². The molecule has 4 aliphatic carbocycles. The molecular formula is C59H84N8O9. The summed E-state index contributed by atoms with van der Waals surface area (Å²) in [6.45, 7) is 10.1. The van der Waals surface area contributed by atoms with Crippen LogP contribution in [0, 0.1) is 11.8 Å². The average Bonchev–Trinajstić information content (AvgIpc) is 4.29. The largest absolute Gasteiger partial charge is 0.490 e. The molecule has 3 N–H and O–H groups in total. The molecule has 1 unspecified atom stereocenters. The van der Waals surface area contributed by atoms with Crippen molar-refractivity contribution in [2.45, 2.75) is 192 Å². The third kappa shape index (κ3) is 14.5. The number of fused-ring (bicyclic) bond motifs is 2. The van der Waals surface area contributed by atoms with Crippen molar-refractivity contribution >= 4 is 23.2 Å². The van der Waals surface area contributed by atoms with Crippen LogP contribution in [-0.2, 0) is 44.7 Å². The highest BCUT2D eigenvalue weighted by Crippen LogP contribution is 2.36. The molecule has 0 bridgehead atoms. The Balaban J connectivity index is 0.000000204. The van der Waals surface area contributed by atoms with Crippen molar-refractivity contribution in [1.82, 2.24) is 29.9 Å². The summed E-state index contributed by atoms with van der Waals surface area (Å²) >= 11 is 0. The second-order valence-corrected chi connectivity index (χ2v) is 22.1. The molecule has 1 saturated heterocycles. The first-order valence-electron chi connectivity index (χ1n) is 28.5. The molecule has 3 fully saturated rings. The monoisotopic (exact) mass is 1050 g/mol. The number of rotatable bonds is 24. The maximum atomic E-state index is 12.9. The summed E-state index contributed by atoms with van der Waals surface area (Å²) in [5.41, 5.74) is 4.22. The summed E-state index contributed by atoms with van der Waals surface area (Å²) in [6, 6.07) is 7.32. The van der Waals surface area contributed by atoms with E-state index in [0.29, 0.717) is 66.8 Å². The third-order valence-electron chi connectivity index (χ3n) is 16.6. The summed E-state index contributed by atoms with van der Waals surface area (Å²) in [5.74, 6) is 4.35. The highest BCUT2D eigenvalue weighted by atomic mass is 16.7. The molecule has 0 amide bonds. The first kappa shape index (κ1) is 57.0. The van der Waals surface area contributed by atoms with Gasteiger partial charge in [-0.15, -0.1) is 0 Å². The number of aromatic nitrogens is 6. The highest BCUT2D eigenvalue weighted by Gasteiger charge is 2.34. The molecule has 414 valence electrons. The molecule has 5 aliphatic rings. The molecule has 4 aromatic rings. The zero-order chi connectivity index (χ0) is 53.8. The zero-order valence-electron chi connectivity index (χ0n) is 46.1. The number of pyridine rings is 2. The molecule has 9 rings (SSSR count). The molecule has 0 aromatic carbocycles. The average molecular weight is 1050 g/mol. The van der Waals surface area contributed by atoms with Crippen molar-refractivity contribution in [2.24, 2.45) is 11.8 Å². The van der Waals surface area contributed by atoms with Crippen LogP contribution in [0.2, 0.25) is 0 Å². The number of anilines is 2. The molecule has 5 atom stereocenters. The number of nitrogens with zero attached hydrogens (tertiary/aromatic N) is 8. The molecule has 76 heavy (non-hydrogen) atoms. The van der Waals surface area contributed by atoms with Crippen LogP contribution in [0.3, 0.4) is 0 Å². The molecule has 0 spiro atoms. The molecule has 1 aliphatic heterocycles. The number of Topliss-reactive ketones (excluding diaryl/α,β-unsaturated/α-hetero) is 2. The van der Waals surface area contributed by atoms with Gasteiger partial charge in [0.25, 0.3) is 0 Å². The van der Waals surface area contributed by atoms with Gasteiger partial charge in [0, 0.05) is 80.6 Å². The fourth-order valence-corrected chi connectivity index (χ4v) is 11.5. The van der Waals surface area contributed by atoms with Crippen molar-refractivity contribution in [3.8, 4) is 34.5 Å². The minimum Gasteiger partial charge on any atom is -0.490 e. The first-order chi connectivity index (χ1) is 36.7. The fourth-order valence-electron chi connectivity index (χ4n) is 11.5. The normalized spacial score (nSPS) is 21.1. The Morgan fingerprint density at radius 2 is 1.13 bits per heavy atom. The van der Waals surface area contributed by atoms with Crippen molar-refractivity contribution < 1.29 is 43.9 Å². The van der Waals surface area contributed by atoms with E-state index < -0.39 is 11.2 Å². The third-order valence-corrected chi connectivity index (χ3v) is 16.6. The Hall–Kier alpha value is -5.20. The first-order valence-corrected chi connectivity index (χ1v) is 28.5. The van der Waals surface area contributed by atoms with E-state index in [0.717, 1.165) is 150 Å².